The monoisotopic (exact) mass is 203 g/mol. The van der Waals surface area contributed by atoms with E-state index in [-0.39, 0.29) is 0 Å². The fourth-order valence-electron chi connectivity index (χ4n) is 1.92. The molecule has 2 aromatic carbocycles. The molecule has 0 radical (unpaired) electrons. The summed E-state index contributed by atoms with van der Waals surface area (Å²) in [4.78, 5) is 1.98. The zero-order chi connectivity index (χ0) is 12.0. The fraction of sp³-hybridized carbons (Fsp3) is 0.0769. The molecule has 2 aromatic rings. The maximum atomic E-state index is 7.75. The van der Waals surface area contributed by atoms with E-state index in [1.165, 1.54) is 0 Å². The summed E-state index contributed by atoms with van der Waals surface area (Å²) in [6, 6.07) is 15.7. The Morgan fingerprint density at radius 1 is 0.857 bits per heavy atom. The Morgan fingerprint density at radius 2 is 1.36 bits per heavy atom. The second kappa shape index (κ2) is 2.89. The smallest absolute Gasteiger partial charge is 0.0332 e. The standard InChI is InChI=1S/C13H12S/c1-14-12-8-4-2-6-10(12)11-7-3-5-9-13(11)14/h2-9,14H,1H3/i1D3. The van der Waals surface area contributed by atoms with E-state index < -0.39 is 17.1 Å². The summed E-state index contributed by atoms with van der Waals surface area (Å²) in [5.41, 5.74) is 2.18. The van der Waals surface area contributed by atoms with Gasteiger partial charge in [-0.3, -0.25) is 0 Å². The molecule has 0 saturated carbocycles. The molecule has 0 saturated heterocycles. The highest BCUT2D eigenvalue weighted by Gasteiger charge is 2.21. The maximum Gasteiger partial charge on any atom is 0.0332 e. The van der Waals surface area contributed by atoms with Crippen LogP contribution in [0.1, 0.15) is 4.11 Å². The van der Waals surface area contributed by atoms with E-state index in [2.05, 4.69) is 0 Å². The van der Waals surface area contributed by atoms with Gasteiger partial charge >= 0.3 is 0 Å². The van der Waals surface area contributed by atoms with Gasteiger partial charge in [-0.15, -0.1) is 0 Å². The average Bonchev–Trinajstić information content (AvgIpc) is 2.63. The minimum absolute atomic E-state index is 0.990. The molecule has 0 nitrogen and oxygen atoms in total. The van der Waals surface area contributed by atoms with Crippen molar-refractivity contribution in [3.05, 3.63) is 48.5 Å². The van der Waals surface area contributed by atoms with Crippen LogP contribution in [0, 0.1) is 0 Å². The van der Waals surface area contributed by atoms with E-state index in [0.717, 1.165) is 20.9 Å². The SMILES string of the molecule is [2H]C([2H])([2H])[SH]1c2ccccc2-c2ccccc21. The molecule has 0 fully saturated rings. The lowest BCUT2D eigenvalue weighted by atomic mass is 10.1. The molecule has 1 heteroatoms. The molecule has 0 bridgehead atoms. The highest BCUT2D eigenvalue weighted by molar-refractivity contribution is 8.17. The largest absolute Gasteiger partial charge is 0.202 e. The predicted molar refractivity (Wildman–Crippen MR) is 63.3 cm³/mol. The third kappa shape index (κ3) is 0.962. The molecule has 0 atom stereocenters. The molecule has 1 heterocycles. The summed E-state index contributed by atoms with van der Waals surface area (Å²) in [5, 5.41) is 0. The quantitative estimate of drug-likeness (QED) is 0.620. The molecule has 0 amide bonds. The molecule has 0 unspecified atom stereocenters. The second-order valence-electron chi connectivity index (χ2n) is 3.37. The van der Waals surface area contributed by atoms with Crippen LogP contribution in [-0.4, -0.2) is 6.18 Å². The third-order valence-corrected chi connectivity index (χ3v) is 4.32. The van der Waals surface area contributed by atoms with Crippen molar-refractivity contribution >= 4 is 10.9 Å². The lowest BCUT2D eigenvalue weighted by molar-refractivity contribution is 1.45. The van der Waals surface area contributed by atoms with Gasteiger partial charge in [0.05, 0.1) is 0 Å². The number of hydrogen-bond donors (Lipinski definition) is 1. The average molecular weight is 203 g/mol. The van der Waals surface area contributed by atoms with E-state index in [4.69, 9.17) is 4.11 Å². The van der Waals surface area contributed by atoms with Gasteiger partial charge in [0.15, 0.2) is 0 Å². The van der Waals surface area contributed by atoms with Crippen molar-refractivity contribution in [2.45, 2.75) is 9.79 Å². The molecule has 3 rings (SSSR count). The number of rotatable bonds is 0. The summed E-state index contributed by atoms with van der Waals surface area (Å²) < 4.78 is 23.3. The van der Waals surface area contributed by atoms with Crippen molar-refractivity contribution in [3.8, 4) is 11.1 Å². The third-order valence-electron chi connectivity index (χ3n) is 2.58. The van der Waals surface area contributed by atoms with Crippen LogP contribution in [0.3, 0.4) is 0 Å². The van der Waals surface area contributed by atoms with Gasteiger partial charge in [0.2, 0.25) is 0 Å². The van der Waals surface area contributed by atoms with E-state index in [1.807, 2.05) is 48.5 Å². The first-order valence-corrected chi connectivity index (χ1v) is 5.92. The predicted octanol–water partition coefficient (Wildman–Crippen LogP) is 3.72. The normalized spacial score (nSPS) is 19.1. The van der Waals surface area contributed by atoms with Gasteiger partial charge < -0.3 is 0 Å². The van der Waals surface area contributed by atoms with E-state index in [1.54, 1.807) is 0 Å². The van der Waals surface area contributed by atoms with Crippen molar-refractivity contribution in [2.24, 2.45) is 0 Å². The lowest BCUT2D eigenvalue weighted by Gasteiger charge is -2.10. The molecule has 70 valence electrons. The minimum Gasteiger partial charge on any atom is -0.202 e. The first kappa shape index (κ1) is 5.62. The van der Waals surface area contributed by atoms with Crippen molar-refractivity contribution in [1.82, 2.24) is 0 Å². The summed E-state index contributed by atoms with van der Waals surface area (Å²) in [6.45, 7) is 0. The summed E-state index contributed by atoms with van der Waals surface area (Å²) in [7, 11) is -1.22. The molecule has 14 heavy (non-hydrogen) atoms. The van der Waals surface area contributed by atoms with Crippen LogP contribution in [0.25, 0.3) is 11.1 Å². The van der Waals surface area contributed by atoms with Crippen LogP contribution in [0.2, 0.25) is 0 Å². The summed E-state index contributed by atoms with van der Waals surface area (Å²) in [5.74, 6) is 0. The Labute approximate surface area is 91.2 Å². The van der Waals surface area contributed by atoms with Gasteiger partial charge in [0.1, 0.15) is 0 Å². The molecule has 0 aliphatic carbocycles. The number of benzene rings is 2. The van der Waals surface area contributed by atoms with Crippen molar-refractivity contribution in [2.75, 3.05) is 6.18 Å². The summed E-state index contributed by atoms with van der Waals surface area (Å²) in [6.07, 6.45) is -1.92. The molecule has 1 aliphatic heterocycles. The van der Waals surface area contributed by atoms with E-state index in [9.17, 15) is 0 Å². The van der Waals surface area contributed by atoms with Gasteiger partial charge in [0.25, 0.3) is 0 Å². The summed E-state index contributed by atoms with van der Waals surface area (Å²) >= 11 is 0. The Kier molecular flexibility index (Phi) is 1.16. The second-order valence-corrected chi connectivity index (χ2v) is 5.00. The molecule has 0 N–H and O–H groups in total. The van der Waals surface area contributed by atoms with Crippen molar-refractivity contribution in [1.29, 1.82) is 0 Å². The van der Waals surface area contributed by atoms with Gasteiger partial charge in [-0.05, 0) is 39.2 Å². The molecule has 1 aliphatic rings. The Morgan fingerprint density at radius 3 is 1.86 bits per heavy atom. The maximum absolute atomic E-state index is 7.75. The van der Waals surface area contributed by atoms with E-state index >= 15 is 0 Å². The number of hydrogen-bond acceptors (Lipinski definition) is 0. The van der Waals surface area contributed by atoms with Crippen molar-refractivity contribution < 1.29 is 4.11 Å². The zero-order valence-electron chi connectivity index (χ0n) is 10.6. The first-order chi connectivity index (χ1) is 8.09. The topological polar surface area (TPSA) is 0 Å². The number of fused-ring (bicyclic) bond motifs is 3. The van der Waals surface area contributed by atoms with Gasteiger partial charge in [-0.25, -0.2) is 10.9 Å². The van der Waals surface area contributed by atoms with E-state index in [0.29, 0.717) is 0 Å². The Hall–Kier alpha value is -1.21. The van der Waals surface area contributed by atoms with Crippen LogP contribution in [-0.2, 0) is 0 Å². The highest BCUT2D eigenvalue weighted by Crippen LogP contribution is 2.55. The molecule has 0 spiro atoms. The van der Waals surface area contributed by atoms with Crippen LogP contribution >= 0.6 is 10.9 Å². The molecular weight excluding hydrogens is 188 g/mol. The number of thiol groups is 1. The Balaban J connectivity index is 2.31. The van der Waals surface area contributed by atoms with Crippen LogP contribution < -0.4 is 0 Å². The Bertz CT molecular complexity index is 529. The minimum atomic E-state index is -1.92. The van der Waals surface area contributed by atoms with Gasteiger partial charge in [-0.2, -0.15) is 0 Å². The van der Waals surface area contributed by atoms with Crippen LogP contribution in [0.15, 0.2) is 58.3 Å². The fourth-order valence-corrected chi connectivity index (χ4v) is 3.52. The molecular formula is C13H12S. The first-order valence-electron chi connectivity index (χ1n) is 6.08. The van der Waals surface area contributed by atoms with Gasteiger partial charge in [0, 0.05) is 4.11 Å². The van der Waals surface area contributed by atoms with Crippen molar-refractivity contribution in [3.63, 3.8) is 0 Å². The highest BCUT2D eigenvalue weighted by atomic mass is 32.2. The van der Waals surface area contributed by atoms with Crippen LogP contribution in [0.4, 0.5) is 0 Å². The lowest BCUT2D eigenvalue weighted by Crippen LogP contribution is -1.73. The zero-order valence-corrected chi connectivity index (χ0v) is 8.46. The molecule has 0 aromatic heterocycles. The van der Waals surface area contributed by atoms with Crippen LogP contribution in [0.5, 0.6) is 0 Å². The van der Waals surface area contributed by atoms with Gasteiger partial charge in [-0.1, -0.05) is 36.4 Å².